The van der Waals surface area contributed by atoms with Gasteiger partial charge in [-0.25, -0.2) is 9.97 Å². The molecule has 0 saturated carbocycles. The van der Waals surface area contributed by atoms with E-state index < -0.39 is 0 Å². The van der Waals surface area contributed by atoms with E-state index in [1.54, 1.807) is 6.07 Å². The van der Waals surface area contributed by atoms with E-state index in [9.17, 15) is 0 Å². The van der Waals surface area contributed by atoms with E-state index in [4.69, 9.17) is 16.3 Å². The zero-order valence-corrected chi connectivity index (χ0v) is 12.1. The smallest absolute Gasteiger partial charge is 0.161 e. The SMILES string of the molecule is CCc1cc(Cl)nc(-c2cccc(OC(C)C)c2)n1. The van der Waals surface area contributed by atoms with Crippen LogP contribution in [0.3, 0.4) is 0 Å². The third-order valence-corrected chi connectivity index (χ3v) is 2.77. The Labute approximate surface area is 118 Å². The second-order valence-electron chi connectivity index (χ2n) is 4.55. The molecule has 0 unspecified atom stereocenters. The van der Waals surface area contributed by atoms with Gasteiger partial charge in [0.15, 0.2) is 5.82 Å². The predicted molar refractivity (Wildman–Crippen MR) is 77.6 cm³/mol. The number of aryl methyl sites for hydroxylation is 1. The van der Waals surface area contributed by atoms with E-state index in [1.165, 1.54) is 0 Å². The number of aromatic nitrogens is 2. The maximum absolute atomic E-state index is 6.02. The fraction of sp³-hybridized carbons (Fsp3) is 0.333. The van der Waals surface area contributed by atoms with Crippen LogP contribution in [-0.4, -0.2) is 16.1 Å². The molecule has 1 aromatic carbocycles. The van der Waals surface area contributed by atoms with Gasteiger partial charge in [0.2, 0.25) is 0 Å². The second-order valence-corrected chi connectivity index (χ2v) is 4.94. The van der Waals surface area contributed by atoms with E-state index in [1.807, 2.05) is 45.0 Å². The number of nitrogens with zero attached hydrogens (tertiary/aromatic N) is 2. The van der Waals surface area contributed by atoms with E-state index in [0.29, 0.717) is 11.0 Å². The monoisotopic (exact) mass is 276 g/mol. The fourth-order valence-corrected chi connectivity index (χ4v) is 1.96. The summed E-state index contributed by atoms with van der Waals surface area (Å²) >= 11 is 6.02. The molecule has 2 aromatic rings. The Morgan fingerprint density at radius 3 is 2.68 bits per heavy atom. The summed E-state index contributed by atoms with van der Waals surface area (Å²) in [6.45, 7) is 6.04. The molecule has 0 fully saturated rings. The topological polar surface area (TPSA) is 35.0 Å². The molecule has 4 heteroatoms. The van der Waals surface area contributed by atoms with Crippen molar-refractivity contribution < 1.29 is 4.74 Å². The number of halogens is 1. The Morgan fingerprint density at radius 1 is 1.21 bits per heavy atom. The van der Waals surface area contributed by atoms with Crippen LogP contribution in [0.1, 0.15) is 26.5 Å². The number of hydrogen-bond donors (Lipinski definition) is 0. The molecular weight excluding hydrogens is 260 g/mol. The molecule has 0 radical (unpaired) electrons. The van der Waals surface area contributed by atoms with E-state index in [-0.39, 0.29) is 6.10 Å². The number of rotatable bonds is 4. The van der Waals surface area contributed by atoms with Crippen molar-refractivity contribution in [1.29, 1.82) is 0 Å². The Balaban J connectivity index is 2.38. The van der Waals surface area contributed by atoms with Crippen LogP contribution in [0.25, 0.3) is 11.4 Å². The van der Waals surface area contributed by atoms with Crippen LogP contribution in [0.15, 0.2) is 30.3 Å². The van der Waals surface area contributed by atoms with Crippen molar-refractivity contribution >= 4 is 11.6 Å². The van der Waals surface area contributed by atoms with Gasteiger partial charge in [0.25, 0.3) is 0 Å². The molecule has 0 aliphatic rings. The molecule has 0 N–H and O–H groups in total. The molecule has 0 aliphatic heterocycles. The molecule has 0 bridgehead atoms. The summed E-state index contributed by atoms with van der Waals surface area (Å²) in [5.41, 5.74) is 1.85. The van der Waals surface area contributed by atoms with E-state index in [0.717, 1.165) is 23.4 Å². The molecule has 3 nitrogen and oxygen atoms in total. The summed E-state index contributed by atoms with van der Waals surface area (Å²) < 4.78 is 5.67. The highest BCUT2D eigenvalue weighted by molar-refractivity contribution is 6.29. The second kappa shape index (κ2) is 6.02. The molecule has 100 valence electrons. The van der Waals surface area contributed by atoms with Crippen molar-refractivity contribution in [2.24, 2.45) is 0 Å². The van der Waals surface area contributed by atoms with Gasteiger partial charge in [-0.3, -0.25) is 0 Å². The summed E-state index contributed by atoms with van der Waals surface area (Å²) in [5.74, 6) is 1.45. The Kier molecular flexibility index (Phi) is 4.38. The van der Waals surface area contributed by atoms with Crippen molar-refractivity contribution in [3.05, 3.63) is 41.2 Å². The van der Waals surface area contributed by atoms with Gasteiger partial charge in [-0.05, 0) is 38.5 Å². The van der Waals surface area contributed by atoms with Crippen molar-refractivity contribution in [3.8, 4) is 17.1 Å². The number of hydrogen-bond acceptors (Lipinski definition) is 3. The van der Waals surface area contributed by atoms with Crippen molar-refractivity contribution in [2.75, 3.05) is 0 Å². The normalized spacial score (nSPS) is 10.8. The molecule has 2 rings (SSSR count). The summed E-state index contributed by atoms with van der Waals surface area (Å²) in [4.78, 5) is 8.76. The lowest BCUT2D eigenvalue weighted by Gasteiger charge is -2.10. The van der Waals surface area contributed by atoms with Gasteiger partial charge < -0.3 is 4.74 Å². The Hall–Kier alpha value is -1.61. The van der Waals surface area contributed by atoms with Crippen LogP contribution in [0, 0.1) is 0 Å². The first-order valence-corrected chi connectivity index (χ1v) is 6.77. The predicted octanol–water partition coefficient (Wildman–Crippen LogP) is 4.15. The quantitative estimate of drug-likeness (QED) is 0.787. The lowest BCUT2D eigenvalue weighted by Crippen LogP contribution is -2.05. The molecule has 1 heterocycles. The standard InChI is InChI=1S/C15H17ClN2O/c1-4-12-9-14(16)18-15(17-12)11-6-5-7-13(8-11)19-10(2)3/h5-10H,4H2,1-3H3. The van der Waals surface area contributed by atoms with Crippen LogP contribution >= 0.6 is 11.6 Å². The maximum atomic E-state index is 6.02. The largest absolute Gasteiger partial charge is 0.491 e. The van der Waals surface area contributed by atoms with Crippen LogP contribution < -0.4 is 4.74 Å². The van der Waals surface area contributed by atoms with Gasteiger partial charge in [0.05, 0.1) is 6.10 Å². The van der Waals surface area contributed by atoms with E-state index in [2.05, 4.69) is 9.97 Å². The molecule has 19 heavy (non-hydrogen) atoms. The van der Waals surface area contributed by atoms with Gasteiger partial charge >= 0.3 is 0 Å². The molecular formula is C15H17ClN2O. The van der Waals surface area contributed by atoms with Gasteiger partial charge in [-0.15, -0.1) is 0 Å². The van der Waals surface area contributed by atoms with E-state index >= 15 is 0 Å². The lowest BCUT2D eigenvalue weighted by atomic mass is 10.2. The third kappa shape index (κ3) is 3.67. The summed E-state index contributed by atoms with van der Waals surface area (Å²) in [6.07, 6.45) is 0.971. The molecule has 0 aliphatic carbocycles. The minimum Gasteiger partial charge on any atom is -0.491 e. The highest BCUT2D eigenvalue weighted by Gasteiger charge is 2.07. The Morgan fingerprint density at radius 2 is 2.00 bits per heavy atom. The van der Waals surface area contributed by atoms with Crippen molar-refractivity contribution in [3.63, 3.8) is 0 Å². The molecule has 0 amide bonds. The highest BCUT2D eigenvalue weighted by atomic mass is 35.5. The van der Waals surface area contributed by atoms with Crippen LogP contribution in [0.4, 0.5) is 0 Å². The first-order chi connectivity index (χ1) is 9.08. The average molecular weight is 277 g/mol. The summed E-state index contributed by atoms with van der Waals surface area (Å²) in [7, 11) is 0. The Bertz CT molecular complexity index is 570. The minimum absolute atomic E-state index is 0.140. The average Bonchev–Trinajstić information content (AvgIpc) is 2.37. The van der Waals surface area contributed by atoms with Crippen molar-refractivity contribution in [1.82, 2.24) is 9.97 Å². The number of benzene rings is 1. The third-order valence-electron chi connectivity index (χ3n) is 2.57. The first-order valence-electron chi connectivity index (χ1n) is 6.39. The fourth-order valence-electron chi connectivity index (χ4n) is 1.76. The highest BCUT2D eigenvalue weighted by Crippen LogP contribution is 2.23. The van der Waals surface area contributed by atoms with Crippen LogP contribution in [0.2, 0.25) is 5.15 Å². The van der Waals surface area contributed by atoms with Crippen molar-refractivity contribution in [2.45, 2.75) is 33.3 Å². The molecule has 1 aromatic heterocycles. The van der Waals surface area contributed by atoms with Crippen LogP contribution in [-0.2, 0) is 6.42 Å². The molecule has 0 saturated heterocycles. The summed E-state index contributed by atoms with van der Waals surface area (Å²) in [5, 5.41) is 0.469. The maximum Gasteiger partial charge on any atom is 0.161 e. The van der Waals surface area contributed by atoms with Gasteiger partial charge in [-0.1, -0.05) is 30.7 Å². The minimum atomic E-state index is 0.140. The van der Waals surface area contributed by atoms with Gasteiger partial charge in [0.1, 0.15) is 10.9 Å². The summed E-state index contributed by atoms with van der Waals surface area (Å²) in [6, 6.07) is 9.54. The van der Waals surface area contributed by atoms with Crippen LogP contribution in [0.5, 0.6) is 5.75 Å². The first kappa shape index (κ1) is 13.8. The zero-order chi connectivity index (χ0) is 13.8. The lowest BCUT2D eigenvalue weighted by molar-refractivity contribution is 0.242. The molecule has 0 spiro atoms. The number of ether oxygens (including phenoxy) is 1. The zero-order valence-electron chi connectivity index (χ0n) is 11.4. The van der Waals surface area contributed by atoms with Gasteiger partial charge in [-0.2, -0.15) is 0 Å². The van der Waals surface area contributed by atoms with Gasteiger partial charge in [0, 0.05) is 11.3 Å². The molecule has 0 atom stereocenters.